The number of carbonyl (C=O) groups excluding carboxylic acids is 1. The van der Waals surface area contributed by atoms with Gasteiger partial charge in [0.05, 0.1) is 5.25 Å². The van der Waals surface area contributed by atoms with Crippen molar-refractivity contribution < 1.29 is 18.0 Å². The van der Waals surface area contributed by atoms with Crippen molar-refractivity contribution in [3.8, 4) is 12.3 Å². The number of terminal acetylenes is 1. The van der Waals surface area contributed by atoms with Crippen LogP contribution in [0.25, 0.3) is 0 Å². The lowest BCUT2D eigenvalue weighted by molar-refractivity contribution is -0.0330. The van der Waals surface area contributed by atoms with Crippen molar-refractivity contribution >= 4 is 18.2 Å². The fraction of sp³-hybridized carbons (Fsp3) is 0.500. The molecule has 1 radical (unpaired) electrons. The third-order valence-electron chi connectivity index (χ3n) is 0.821. The minimum absolute atomic E-state index is 0.232. The van der Waals surface area contributed by atoms with Crippen molar-refractivity contribution in [3.05, 3.63) is 0 Å². The molecule has 0 fully saturated rings. The Kier molecular flexibility index (Phi) is 4.59. The number of thioether (sulfide) groups is 1. The molecular formula is C6H5F3NOS. The summed E-state index contributed by atoms with van der Waals surface area (Å²) in [5, 5.41) is 0.862. The third-order valence-corrected chi connectivity index (χ3v) is 1.68. The Morgan fingerprint density at radius 2 is 2.17 bits per heavy atom. The molecule has 0 rings (SSSR count). The minimum atomic E-state index is -4.37. The second-order valence-electron chi connectivity index (χ2n) is 1.70. The molecule has 67 valence electrons. The van der Waals surface area contributed by atoms with Crippen LogP contribution in [0.3, 0.4) is 0 Å². The van der Waals surface area contributed by atoms with Gasteiger partial charge in [0.1, 0.15) is 0 Å². The van der Waals surface area contributed by atoms with Gasteiger partial charge in [0.25, 0.3) is 0 Å². The van der Waals surface area contributed by atoms with Crippen LogP contribution < -0.4 is 5.32 Å². The molecule has 0 spiro atoms. The van der Waals surface area contributed by atoms with Gasteiger partial charge >= 0.3 is 11.9 Å². The van der Waals surface area contributed by atoms with Crippen LogP contribution in [-0.2, 0) is 4.79 Å². The quantitative estimate of drug-likeness (QED) is 0.534. The molecule has 2 nitrogen and oxygen atoms in total. The fourth-order valence-corrected chi connectivity index (χ4v) is 0.988. The van der Waals surface area contributed by atoms with Crippen LogP contribution in [-0.4, -0.2) is 23.7 Å². The first-order valence-corrected chi connectivity index (χ1v) is 3.68. The largest absolute Gasteiger partial charge is 0.443 e. The highest BCUT2D eigenvalue weighted by molar-refractivity contribution is 8.01. The van der Waals surface area contributed by atoms with Crippen LogP contribution in [0, 0.1) is 12.3 Å². The summed E-state index contributed by atoms with van der Waals surface area (Å²) in [7, 11) is 0. The molecule has 0 heterocycles. The maximum atomic E-state index is 11.7. The molecule has 0 aromatic heterocycles. The average Bonchev–Trinajstić information content (AvgIpc) is 1.95. The van der Waals surface area contributed by atoms with Gasteiger partial charge in [0.15, 0.2) is 0 Å². The molecule has 0 saturated carbocycles. The highest BCUT2D eigenvalue weighted by atomic mass is 32.2. The zero-order valence-electron chi connectivity index (χ0n) is 5.81. The maximum absolute atomic E-state index is 11.7. The summed E-state index contributed by atoms with van der Waals surface area (Å²) in [4.78, 5) is 9.60. The van der Waals surface area contributed by atoms with E-state index in [1.54, 1.807) is 0 Å². The molecule has 1 unspecified atom stereocenters. The lowest BCUT2D eigenvalue weighted by Gasteiger charge is -2.10. The molecule has 0 bridgehead atoms. The molecule has 0 saturated heterocycles. The van der Waals surface area contributed by atoms with Gasteiger partial charge in [-0.2, -0.15) is 13.2 Å². The second-order valence-corrected chi connectivity index (χ2v) is 2.97. The number of alkyl halides is 3. The van der Waals surface area contributed by atoms with Gasteiger partial charge in [-0.25, -0.2) is 0 Å². The van der Waals surface area contributed by atoms with E-state index in [4.69, 9.17) is 6.42 Å². The average molecular weight is 196 g/mol. The van der Waals surface area contributed by atoms with Crippen molar-refractivity contribution in [1.29, 1.82) is 0 Å². The Hall–Kier alpha value is -0.830. The first kappa shape index (κ1) is 11.2. The van der Waals surface area contributed by atoms with E-state index in [0.29, 0.717) is 0 Å². The van der Waals surface area contributed by atoms with Crippen LogP contribution in [0.1, 0.15) is 0 Å². The molecular weight excluding hydrogens is 191 g/mol. The summed E-state index contributed by atoms with van der Waals surface area (Å²) >= 11 is -0.336. The number of nitrogens with one attached hydrogen (secondary N) is 1. The fourth-order valence-electron chi connectivity index (χ4n) is 0.430. The van der Waals surface area contributed by atoms with Crippen molar-refractivity contribution in [2.75, 3.05) is 6.54 Å². The van der Waals surface area contributed by atoms with Gasteiger partial charge in [-0.05, 0) is 11.8 Å². The molecule has 6 heteroatoms. The number of rotatable bonds is 4. The number of hydrogen-bond donors (Lipinski definition) is 1. The lowest BCUT2D eigenvalue weighted by atomic mass is 10.4. The summed E-state index contributed by atoms with van der Waals surface area (Å²) in [6.45, 7) is -0.232. The monoisotopic (exact) mass is 196 g/mol. The second kappa shape index (κ2) is 4.93. The van der Waals surface area contributed by atoms with E-state index in [9.17, 15) is 18.0 Å². The van der Waals surface area contributed by atoms with Gasteiger partial charge in [-0.1, -0.05) is 5.92 Å². The first-order chi connectivity index (χ1) is 5.49. The summed E-state index contributed by atoms with van der Waals surface area (Å²) in [5.74, 6) is 1.89. The molecule has 1 N–H and O–H groups in total. The van der Waals surface area contributed by atoms with Crippen LogP contribution in [0.15, 0.2) is 0 Å². The minimum Gasteiger partial charge on any atom is -0.346 e. The van der Waals surface area contributed by atoms with E-state index >= 15 is 0 Å². The zero-order valence-corrected chi connectivity index (χ0v) is 6.63. The van der Waals surface area contributed by atoms with E-state index in [1.165, 1.54) is 6.41 Å². The topological polar surface area (TPSA) is 29.1 Å². The molecule has 1 amide bonds. The standard InChI is InChI=1S/C6H5F3NOS/c1-2-5(3-10-4-11)12-6(7,8)9/h1,5H,3H2,(H,10,11). The number of hydrogen-bond acceptors (Lipinski definition) is 2. The van der Waals surface area contributed by atoms with E-state index in [1.807, 2.05) is 11.2 Å². The highest BCUT2D eigenvalue weighted by Crippen LogP contribution is 2.33. The predicted molar refractivity (Wildman–Crippen MR) is 40.0 cm³/mol. The molecule has 1 atom stereocenters. The summed E-state index contributed by atoms with van der Waals surface area (Å²) in [6.07, 6.45) is 6.02. The van der Waals surface area contributed by atoms with Gasteiger partial charge in [-0.3, -0.25) is 4.79 Å². The SMILES string of the molecule is C#CC(CN[C]=O)SC(F)(F)F. The van der Waals surface area contributed by atoms with Crippen molar-refractivity contribution in [1.82, 2.24) is 5.32 Å². The van der Waals surface area contributed by atoms with Crippen molar-refractivity contribution in [3.63, 3.8) is 0 Å². The van der Waals surface area contributed by atoms with Crippen LogP contribution in [0.2, 0.25) is 0 Å². The van der Waals surface area contributed by atoms with E-state index in [2.05, 4.69) is 0 Å². The molecule has 0 aliphatic rings. The summed E-state index contributed by atoms with van der Waals surface area (Å²) < 4.78 is 35.0. The Balaban J connectivity index is 3.85. The molecule has 0 aliphatic carbocycles. The van der Waals surface area contributed by atoms with E-state index in [-0.39, 0.29) is 18.3 Å². The first-order valence-electron chi connectivity index (χ1n) is 2.80. The van der Waals surface area contributed by atoms with Crippen molar-refractivity contribution in [2.24, 2.45) is 0 Å². The Morgan fingerprint density at radius 3 is 2.50 bits per heavy atom. The van der Waals surface area contributed by atoms with Crippen molar-refractivity contribution in [2.45, 2.75) is 10.8 Å². The number of halogens is 3. The molecule has 12 heavy (non-hydrogen) atoms. The Morgan fingerprint density at radius 1 is 1.58 bits per heavy atom. The molecule has 0 aromatic carbocycles. The summed E-state index contributed by atoms with van der Waals surface area (Å²) in [6, 6.07) is 0. The maximum Gasteiger partial charge on any atom is 0.443 e. The molecule has 0 aromatic rings. The van der Waals surface area contributed by atoms with E-state index < -0.39 is 10.8 Å². The van der Waals surface area contributed by atoms with Crippen LogP contribution in [0.5, 0.6) is 0 Å². The molecule has 0 aliphatic heterocycles. The van der Waals surface area contributed by atoms with E-state index in [0.717, 1.165) is 0 Å². The smallest absolute Gasteiger partial charge is 0.346 e. The van der Waals surface area contributed by atoms with Gasteiger partial charge in [-0.15, -0.1) is 6.42 Å². The van der Waals surface area contributed by atoms with Gasteiger partial charge < -0.3 is 5.32 Å². The lowest BCUT2D eigenvalue weighted by Crippen LogP contribution is -2.24. The predicted octanol–water partition coefficient (Wildman–Crippen LogP) is 0.898. The Bertz CT molecular complexity index is 186. The summed E-state index contributed by atoms with van der Waals surface area (Å²) in [5.41, 5.74) is -4.37. The third kappa shape index (κ3) is 5.92. The van der Waals surface area contributed by atoms with Crippen LogP contribution >= 0.6 is 11.8 Å². The van der Waals surface area contributed by atoms with Crippen LogP contribution in [0.4, 0.5) is 13.2 Å². The zero-order chi connectivity index (χ0) is 9.61. The van der Waals surface area contributed by atoms with Gasteiger partial charge in [0, 0.05) is 6.54 Å². The van der Waals surface area contributed by atoms with Gasteiger partial charge in [0.2, 0.25) is 0 Å². The normalized spacial score (nSPS) is 13.2. The number of amides is 1. The Labute approximate surface area is 71.9 Å². The highest BCUT2D eigenvalue weighted by Gasteiger charge is 2.32.